The smallest absolute Gasteiger partial charge is 0.205 e. The maximum Gasteiger partial charge on any atom is 0.205 e. The number of aliphatic imine (C=N–C) groups is 1. The molecule has 0 aromatic heterocycles. The Balaban J connectivity index is 2.15. The molecular weight excluding hydrogens is 300 g/mol. The van der Waals surface area contributed by atoms with Crippen LogP contribution in [0.1, 0.15) is 38.7 Å². The SMILES string of the molecule is CC(C)[C@H](N)C1=N[C@]2(c3ccccc3Cl)CCC[C@H](O1)C2=O. The lowest BCUT2D eigenvalue weighted by Gasteiger charge is -2.42. The van der Waals surface area contributed by atoms with Gasteiger partial charge in [-0.15, -0.1) is 0 Å². The Morgan fingerprint density at radius 3 is 2.82 bits per heavy atom. The number of carbonyl (C=O) groups is 1. The van der Waals surface area contributed by atoms with Crippen molar-refractivity contribution in [3.8, 4) is 0 Å². The molecule has 1 aliphatic heterocycles. The summed E-state index contributed by atoms with van der Waals surface area (Å²) in [6.45, 7) is 4.04. The van der Waals surface area contributed by atoms with E-state index in [-0.39, 0.29) is 17.7 Å². The van der Waals surface area contributed by atoms with Crippen molar-refractivity contribution in [2.75, 3.05) is 0 Å². The average Bonchev–Trinajstić information content (AvgIpc) is 2.47. The lowest BCUT2D eigenvalue weighted by atomic mass is 9.73. The molecule has 0 spiro atoms. The molecule has 5 heteroatoms. The third-order valence-corrected chi connectivity index (χ3v) is 4.92. The topological polar surface area (TPSA) is 64.7 Å². The van der Waals surface area contributed by atoms with Crippen molar-refractivity contribution in [1.82, 2.24) is 0 Å². The number of ether oxygens (including phenoxy) is 1. The van der Waals surface area contributed by atoms with Crippen molar-refractivity contribution in [2.45, 2.75) is 50.8 Å². The molecule has 3 atom stereocenters. The Morgan fingerprint density at radius 1 is 1.41 bits per heavy atom. The summed E-state index contributed by atoms with van der Waals surface area (Å²) in [5, 5.41) is 0.569. The molecule has 1 fully saturated rings. The third-order valence-electron chi connectivity index (χ3n) is 4.59. The van der Waals surface area contributed by atoms with Crippen LogP contribution in [0.15, 0.2) is 29.3 Å². The van der Waals surface area contributed by atoms with E-state index in [4.69, 9.17) is 27.1 Å². The fourth-order valence-electron chi connectivity index (χ4n) is 3.21. The molecule has 0 amide bonds. The molecule has 0 radical (unpaired) electrons. The second-order valence-electron chi connectivity index (χ2n) is 6.42. The fourth-order valence-corrected chi connectivity index (χ4v) is 3.50. The first-order chi connectivity index (χ1) is 10.5. The second kappa shape index (κ2) is 5.67. The predicted octanol–water partition coefficient (Wildman–Crippen LogP) is 3.07. The van der Waals surface area contributed by atoms with Gasteiger partial charge >= 0.3 is 0 Å². The zero-order valence-electron chi connectivity index (χ0n) is 12.9. The number of fused-ring (bicyclic) bond motifs is 2. The Hall–Kier alpha value is -1.39. The summed E-state index contributed by atoms with van der Waals surface area (Å²) < 4.78 is 5.81. The summed E-state index contributed by atoms with van der Waals surface area (Å²) in [6.07, 6.45) is 1.80. The van der Waals surface area contributed by atoms with Crippen molar-refractivity contribution >= 4 is 23.3 Å². The Morgan fingerprint density at radius 2 is 2.14 bits per heavy atom. The first kappa shape index (κ1) is 15.5. The van der Waals surface area contributed by atoms with Gasteiger partial charge in [-0.2, -0.15) is 0 Å². The zero-order valence-corrected chi connectivity index (χ0v) is 13.6. The summed E-state index contributed by atoms with van der Waals surface area (Å²) in [5.41, 5.74) is 6.05. The van der Waals surface area contributed by atoms with Gasteiger partial charge in [-0.05, 0) is 31.2 Å². The van der Waals surface area contributed by atoms with E-state index in [1.165, 1.54) is 0 Å². The molecule has 2 bridgehead atoms. The van der Waals surface area contributed by atoms with Gasteiger partial charge in [-0.1, -0.05) is 43.6 Å². The minimum atomic E-state index is -0.929. The van der Waals surface area contributed by atoms with E-state index in [1.807, 2.05) is 32.0 Å². The van der Waals surface area contributed by atoms with Crippen molar-refractivity contribution in [2.24, 2.45) is 16.6 Å². The average molecular weight is 321 g/mol. The van der Waals surface area contributed by atoms with Gasteiger partial charge in [-0.3, -0.25) is 4.79 Å². The van der Waals surface area contributed by atoms with Crippen molar-refractivity contribution in [3.63, 3.8) is 0 Å². The van der Waals surface area contributed by atoms with E-state index in [0.717, 1.165) is 18.4 Å². The van der Waals surface area contributed by atoms with Gasteiger partial charge in [0.1, 0.15) is 0 Å². The molecule has 0 saturated heterocycles. The number of rotatable bonds is 3. The maximum atomic E-state index is 12.9. The van der Waals surface area contributed by atoms with E-state index >= 15 is 0 Å². The molecule has 1 aliphatic carbocycles. The highest BCUT2D eigenvalue weighted by atomic mass is 35.5. The van der Waals surface area contributed by atoms with Crippen molar-refractivity contribution < 1.29 is 9.53 Å². The zero-order chi connectivity index (χ0) is 15.9. The summed E-state index contributed by atoms with van der Waals surface area (Å²) in [5.74, 6) is 0.682. The predicted molar refractivity (Wildman–Crippen MR) is 87.1 cm³/mol. The molecule has 1 heterocycles. The standard InChI is InChI=1S/C17H21ClN2O2/c1-10(2)14(19)16-20-17(11-6-3-4-7-12(11)18)9-5-8-13(22-16)15(17)21/h3-4,6-7,10,13-14H,5,8-9,19H2,1-2H3/t13-,14-,17-/m0/s1. The lowest BCUT2D eigenvalue weighted by molar-refractivity contribution is -0.137. The molecule has 4 nitrogen and oxygen atoms in total. The van der Waals surface area contributed by atoms with Gasteiger partial charge < -0.3 is 10.5 Å². The summed E-state index contributed by atoms with van der Waals surface area (Å²) in [7, 11) is 0. The second-order valence-corrected chi connectivity index (χ2v) is 6.83. The summed E-state index contributed by atoms with van der Waals surface area (Å²) in [6, 6.07) is 7.12. The van der Waals surface area contributed by atoms with E-state index in [9.17, 15) is 4.79 Å². The van der Waals surface area contributed by atoms with E-state index in [1.54, 1.807) is 6.07 Å². The Labute approximate surface area is 135 Å². The maximum absolute atomic E-state index is 12.9. The van der Waals surface area contributed by atoms with Crippen LogP contribution in [-0.4, -0.2) is 23.8 Å². The summed E-state index contributed by atoms with van der Waals surface area (Å²) >= 11 is 6.36. The number of halogens is 1. The van der Waals surface area contributed by atoms with Crippen LogP contribution in [0.5, 0.6) is 0 Å². The molecule has 0 unspecified atom stereocenters. The first-order valence-corrected chi connectivity index (χ1v) is 8.15. The van der Waals surface area contributed by atoms with Gasteiger partial charge in [-0.25, -0.2) is 4.99 Å². The molecule has 1 aromatic carbocycles. The number of hydrogen-bond donors (Lipinski definition) is 1. The molecule has 22 heavy (non-hydrogen) atoms. The normalized spacial score (nSPS) is 29.0. The van der Waals surface area contributed by atoms with Gasteiger partial charge in [0.05, 0.1) is 6.04 Å². The molecular formula is C17H21ClN2O2. The Kier molecular flexibility index (Phi) is 4.00. The highest BCUT2D eigenvalue weighted by Crippen LogP contribution is 2.44. The highest BCUT2D eigenvalue weighted by Gasteiger charge is 2.52. The number of Topliss-reactive ketones (excluding diaryl/α,β-unsaturated/α-hetero) is 1. The van der Waals surface area contributed by atoms with Crippen molar-refractivity contribution in [3.05, 3.63) is 34.9 Å². The van der Waals surface area contributed by atoms with Crippen LogP contribution in [0, 0.1) is 5.92 Å². The number of benzene rings is 1. The third kappa shape index (κ3) is 2.34. The van der Waals surface area contributed by atoms with E-state index < -0.39 is 11.6 Å². The minimum absolute atomic E-state index is 0.00607. The number of nitrogens with zero attached hydrogens (tertiary/aromatic N) is 1. The molecule has 2 aliphatic rings. The number of ketones is 1. The Bertz CT molecular complexity index is 629. The van der Waals surface area contributed by atoms with Crippen LogP contribution in [-0.2, 0) is 15.1 Å². The number of hydrogen-bond acceptors (Lipinski definition) is 4. The van der Waals surface area contributed by atoms with Gasteiger partial charge in [0.15, 0.2) is 11.6 Å². The van der Waals surface area contributed by atoms with Gasteiger partial charge in [0.2, 0.25) is 11.7 Å². The molecule has 1 saturated carbocycles. The van der Waals surface area contributed by atoms with Crippen LogP contribution in [0.3, 0.4) is 0 Å². The number of nitrogens with two attached hydrogens (primary N) is 1. The van der Waals surface area contributed by atoms with Crippen LogP contribution in [0.25, 0.3) is 0 Å². The van der Waals surface area contributed by atoms with Gasteiger partial charge in [0.25, 0.3) is 0 Å². The van der Waals surface area contributed by atoms with Crippen LogP contribution >= 0.6 is 11.6 Å². The minimum Gasteiger partial charge on any atom is -0.468 e. The van der Waals surface area contributed by atoms with Crippen LogP contribution in [0.4, 0.5) is 0 Å². The van der Waals surface area contributed by atoms with Crippen LogP contribution < -0.4 is 5.73 Å². The van der Waals surface area contributed by atoms with E-state index in [0.29, 0.717) is 17.3 Å². The molecule has 1 aromatic rings. The quantitative estimate of drug-likeness (QED) is 0.930. The monoisotopic (exact) mass is 320 g/mol. The van der Waals surface area contributed by atoms with Crippen molar-refractivity contribution in [1.29, 1.82) is 0 Å². The largest absolute Gasteiger partial charge is 0.468 e. The molecule has 118 valence electrons. The first-order valence-electron chi connectivity index (χ1n) is 7.77. The van der Waals surface area contributed by atoms with Gasteiger partial charge in [0, 0.05) is 10.6 Å². The molecule has 3 rings (SSSR count). The molecule has 2 N–H and O–H groups in total. The van der Waals surface area contributed by atoms with E-state index in [2.05, 4.69) is 0 Å². The summed E-state index contributed by atoms with van der Waals surface area (Å²) in [4.78, 5) is 17.6. The fraction of sp³-hybridized carbons (Fsp3) is 0.529. The lowest BCUT2D eigenvalue weighted by Crippen LogP contribution is -2.54. The van der Waals surface area contributed by atoms with Crippen LogP contribution in [0.2, 0.25) is 5.02 Å². The number of carbonyl (C=O) groups excluding carboxylic acids is 1. The highest BCUT2D eigenvalue weighted by molar-refractivity contribution is 6.32.